The predicted octanol–water partition coefficient (Wildman–Crippen LogP) is 0.608. The second kappa shape index (κ2) is 6.60. The van der Waals surface area contributed by atoms with E-state index in [9.17, 15) is 9.50 Å². The van der Waals surface area contributed by atoms with Crippen LogP contribution in [0, 0.1) is 11.7 Å². The Labute approximate surface area is 117 Å². The minimum Gasteiger partial charge on any atom is -0.396 e. The van der Waals surface area contributed by atoms with Gasteiger partial charge in [0.2, 0.25) is 0 Å². The maximum absolute atomic E-state index is 14.0. The minimum atomic E-state index is -1.13. The van der Waals surface area contributed by atoms with Crippen LogP contribution in [0.3, 0.4) is 0 Å². The molecule has 6 heteroatoms. The van der Waals surface area contributed by atoms with Gasteiger partial charge in [-0.1, -0.05) is 18.2 Å². The van der Waals surface area contributed by atoms with Crippen LogP contribution < -0.4 is 5.73 Å². The summed E-state index contributed by atoms with van der Waals surface area (Å²) in [4.78, 5) is 0. The number of ether oxygens (including phenoxy) is 3. The standard InChI is InChI=1S/C14H20FNO4/c1-18-9-20-13-7-19-8-14(16,11(13)6-17)10-4-2-3-5-12(10)15/h2-5,11,13,17H,6-9,16H2,1H3. The number of hydrogen-bond donors (Lipinski definition) is 2. The highest BCUT2D eigenvalue weighted by atomic mass is 19.1. The highest BCUT2D eigenvalue weighted by Gasteiger charge is 2.46. The first kappa shape index (κ1) is 15.3. The van der Waals surface area contributed by atoms with E-state index in [1.54, 1.807) is 18.2 Å². The summed E-state index contributed by atoms with van der Waals surface area (Å²) in [5.74, 6) is -0.882. The fourth-order valence-electron chi connectivity index (χ4n) is 2.62. The third-order valence-corrected chi connectivity index (χ3v) is 3.71. The van der Waals surface area contributed by atoms with Gasteiger partial charge in [0, 0.05) is 18.6 Å². The molecule has 1 fully saturated rings. The molecular weight excluding hydrogens is 265 g/mol. The van der Waals surface area contributed by atoms with E-state index in [0.717, 1.165) is 0 Å². The Balaban J connectivity index is 2.30. The van der Waals surface area contributed by atoms with E-state index in [4.69, 9.17) is 19.9 Å². The van der Waals surface area contributed by atoms with E-state index in [2.05, 4.69) is 0 Å². The molecule has 112 valence electrons. The van der Waals surface area contributed by atoms with E-state index in [1.807, 2.05) is 0 Å². The first-order valence-corrected chi connectivity index (χ1v) is 6.46. The summed E-state index contributed by atoms with van der Waals surface area (Å²) in [6.07, 6.45) is -0.446. The van der Waals surface area contributed by atoms with Crippen molar-refractivity contribution in [2.75, 3.05) is 33.7 Å². The zero-order chi connectivity index (χ0) is 14.6. The lowest BCUT2D eigenvalue weighted by Gasteiger charge is -2.44. The predicted molar refractivity (Wildman–Crippen MR) is 70.4 cm³/mol. The maximum atomic E-state index is 14.0. The molecule has 20 heavy (non-hydrogen) atoms. The molecule has 1 aliphatic heterocycles. The van der Waals surface area contributed by atoms with Crippen molar-refractivity contribution in [3.63, 3.8) is 0 Å². The lowest BCUT2D eigenvalue weighted by molar-refractivity contribution is -0.170. The van der Waals surface area contributed by atoms with Crippen molar-refractivity contribution in [2.45, 2.75) is 11.6 Å². The molecule has 0 radical (unpaired) electrons. The molecule has 3 atom stereocenters. The molecule has 1 aliphatic rings. The van der Waals surface area contributed by atoms with E-state index in [0.29, 0.717) is 12.2 Å². The number of nitrogens with two attached hydrogens (primary N) is 1. The summed E-state index contributed by atoms with van der Waals surface area (Å²) in [7, 11) is 1.50. The fraction of sp³-hybridized carbons (Fsp3) is 0.571. The number of aliphatic hydroxyl groups excluding tert-OH is 1. The van der Waals surface area contributed by atoms with E-state index >= 15 is 0 Å². The molecule has 3 unspecified atom stereocenters. The van der Waals surface area contributed by atoms with Crippen molar-refractivity contribution in [1.82, 2.24) is 0 Å². The summed E-state index contributed by atoms with van der Waals surface area (Å²) < 4.78 is 29.8. The SMILES string of the molecule is COCOC1COCC(N)(c2ccccc2F)C1CO. The van der Waals surface area contributed by atoms with Crippen LogP contribution >= 0.6 is 0 Å². The Morgan fingerprint density at radius 1 is 1.50 bits per heavy atom. The number of benzene rings is 1. The topological polar surface area (TPSA) is 73.9 Å². The lowest BCUT2D eigenvalue weighted by atomic mass is 9.75. The molecule has 2 rings (SSSR count). The Kier molecular flexibility index (Phi) is 5.06. The van der Waals surface area contributed by atoms with Gasteiger partial charge in [0.05, 0.1) is 31.5 Å². The molecule has 5 nitrogen and oxygen atoms in total. The summed E-state index contributed by atoms with van der Waals surface area (Å²) in [5.41, 5.74) is 5.55. The minimum absolute atomic E-state index is 0.0673. The average molecular weight is 285 g/mol. The van der Waals surface area contributed by atoms with Crippen molar-refractivity contribution >= 4 is 0 Å². The summed E-state index contributed by atoms with van der Waals surface area (Å²) in [6, 6.07) is 6.26. The molecule has 1 aromatic rings. The second-order valence-electron chi connectivity index (χ2n) is 4.94. The Morgan fingerprint density at radius 2 is 2.25 bits per heavy atom. The van der Waals surface area contributed by atoms with Crippen LogP contribution in [0.5, 0.6) is 0 Å². The molecule has 0 saturated carbocycles. The molecule has 1 aromatic carbocycles. The quantitative estimate of drug-likeness (QED) is 0.775. The largest absolute Gasteiger partial charge is 0.396 e. The number of methoxy groups -OCH3 is 1. The summed E-state index contributed by atoms with van der Waals surface area (Å²) >= 11 is 0. The molecule has 1 heterocycles. The van der Waals surface area contributed by atoms with E-state index < -0.39 is 23.4 Å². The molecule has 3 N–H and O–H groups in total. The van der Waals surface area contributed by atoms with E-state index in [1.165, 1.54) is 13.2 Å². The Hall–Kier alpha value is -1.05. The van der Waals surface area contributed by atoms with Gasteiger partial charge >= 0.3 is 0 Å². The van der Waals surface area contributed by atoms with Crippen LogP contribution in [0.1, 0.15) is 5.56 Å². The maximum Gasteiger partial charge on any atom is 0.146 e. The van der Waals surface area contributed by atoms with Crippen molar-refractivity contribution in [3.05, 3.63) is 35.6 Å². The Morgan fingerprint density at radius 3 is 2.90 bits per heavy atom. The van der Waals surface area contributed by atoms with Gasteiger partial charge in [0.25, 0.3) is 0 Å². The van der Waals surface area contributed by atoms with Crippen molar-refractivity contribution < 1.29 is 23.7 Å². The van der Waals surface area contributed by atoms with Crippen LogP contribution in [-0.4, -0.2) is 44.9 Å². The van der Waals surface area contributed by atoms with Crippen molar-refractivity contribution in [3.8, 4) is 0 Å². The Bertz CT molecular complexity index is 445. The zero-order valence-electron chi connectivity index (χ0n) is 11.4. The van der Waals surface area contributed by atoms with Gasteiger partial charge in [-0.3, -0.25) is 0 Å². The molecular formula is C14H20FNO4. The van der Waals surface area contributed by atoms with Crippen LogP contribution in [-0.2, 0) is 19.7 Å². The molecule has 0 bridgehead atoms. The molecule has 0 aliphatic carbocycles. The van der Waals surface area contributed by atoms with E-state index in [-0.39, 0.29) is 20.0 Å². The number of halogens is 1. The van der Waals surface area contributed by atoms with Gasteiger partial charge in [-0.15, -0.1) is 0 Å². The average Bonchev–Trinajstić information content (AvgIpc) is 2.45. The lowest BCUT2D eigenvalue weighted by Crippen LogP contribution is -2.59. The van der Waals surface area contributed by atoms with Gasteiger partial charge in [0.15, 0.2) is 0 Å². The van der Waals surface area contributed by atoms with Crippen LogP contribution in [0.15, 0.2) is 24.3 Å². The van der Waals surface area contributed by atoms with Gasteiger partial charge in [-0.05, 0) is 6.07 Å². The van der Waals surface area contributed by atoms with Gasteiger partial charge in [0.1, 0.15) is 12.6 Å². The van der Waals surface area contributed by atoms with Crippen LogP contribution in [0.25, 0.3) is 0 Å². The number of rotatable bonds is 5. The van der Waals surface area contributed by atoms with Gasteiger partial charge in [-0.2, -0.15) is 0 Å². The monoisotopic (exact) mass is 285 g/mol. The van der Waals surface area contributed by atoms with Gasteiger partial charge in [-0.25, -0.2) is 4.39 Å². The third-order valence-electron chi connectivity index (χ3n) is 3.71. The number of hydrogen-bond acceptors (Lipinski definition) is 5. The first-order chi connectivity index (χ1) is 9.63. The second-order valence-corrected chi connectivity index (χ2v) is 4.94. The molecule has 0 spiro atoms. The number of aliphatic hydroxyl groups is 1. The smallest absolute Gasteiger partial charge is 0.146 e. The first-order valence-electron chi connectivity index (χ1n) is 6.46. The fourth-order valence-corrected chi connectivity index (χ4v) is 2.62. The van der Waals surface area contributed by atoms with Crippen molar-refractivity contribution in [2.24, 2.45) is 11.7 Å². The zero-order valence-corrected chi connectivity index (χ0v) is 11.4. The normalized spacial score (nSPS) is 30.4. The molecule has 0 amide bonds. The molecule has 0 aromatic heterocycles. The van der Waals surface area contributed by atoms with Crippen molar-refractivity contribution in [1.29, 1.82) is 0 Å². The van der Waals surface area contributed by atoms with Crippen LogP contribution in [0.2, 0.25) is 0 Å². The third kappa shape index (κ3) is 2.84. The molecule has 1 saturated heterocycles. The summed E-state index contributed by atoms with van der Waals surface area (Å²) in [5, 5.41) is 9.67. The highest BCUT2D eigenvalue weighted by Crippen LogP contribution is 2.35. The highest BCUT2D eigenvalue weighted by molar-refractivity contribution is 5.28. The van der Waals surface area contributed by atoms with Gasteiger partial charge < -0.3 is 25.1 Å². The van der Waals surface area contributed by atoms with Crippen LogP contribution in [0.4, 0.5) is 4.39 Å². The summed E-state index contributed by atoms with van der Waals surface area (Å²) in [6.45, 7) is 0.272.